The second kappa shape index (κ2) is 5.31. The third-order valence-electron chi connectivity index (χ3n) is 2.46. The number of aryl methyl sites for hydroxylation is 1. The van der Waals surface area contributed by atoms with Crippen molar-refractivity contribution in [3.8, 4) is 0 Å². The van der Waals surface area contributed by atoms with Gasteiger partial charge in [0, 0.05) is 23.9 Å². The highest BCUT2D eigenvalue weighted by Crippen LogP contribution is 2.22. The summed E-state index contributed by atoms with van der Waals surface area (Å²) in [6.45, 7) is 5.75. The largest absolute Gasteiger partial charge is 0.364 e. The fourth-order valence-corrected chi connectivity index (χ4v) is 2.17. The summed E-state index contributed by atoms with van der Waals surface area (Å²) in [7, 11) is 0. The number of aromatic amines is 1. The minimum atomic E-state index is -0.479. The molecule has 0 aliphatic rings. The number of rotatable bonds is 3. The first-order chi connectivity index (χ1) is 8.97. The quantitative estimate of drug-likeness (QED) is 0.897. The number of H-pyrrole nitrogens is 1. The molecule has 2 aromatic heterocycles. The highest BCUT2D eigenvalue weighted by Gasteiger charge is 2.14. The van der Waals surface area contributed by atoms with E-state index in [1.165, 1.54) is 23.6 Å². The van der Waals surface area contributed by atoms with E-state index < -0.39 is 5.91 Å². The van der Waals surface area contributed by atoms with Gasteiger partial charge in [-0.3, -0.25) is 14.9 Å². The molecule has 1 amide bonds. The van der Waals surface area contributed by atoms with Crippen molar-refractivity contribution in [2.45, 2.75) is 26.7 Å². The number of pyridine rings is 1. The molecule has 2 heterocycles. The summed E-state index contributed by atoms with van der Waals surface area (Å²) in [5.41, 5.74) is 0.453. The van der Waals surface area contributed by atoms with Crippen LogP contribution in [0.4, 0.5) is 5.13 Å². The van der Waals surface area contributed by atoms with E-state index >= 15 is 0 Å². The Morgan fingerprint density at radius 2 is 2.16 bits per heavy atom. The van der Waals surface area contributed by atoms with Crippen LogP contribution in [0.3, 0.4) is 0 Å². The maximum absolute atomic E-state index is 11.9. The van der Waals surface area contributed by atoms with E-state index in [0.29, 0.717) is 10.8 Å². The topological polar surface area (TPSA) is 87.7 Å². The molecule has 0 saturated heterocycles. The van der Waals surface area contributed by atoms with Gasteiger partial charge in [-0.15, -0.1) is 10.2 Å². The summed E-state index contributed by atoms with van der Waals surface area (Å²) < 4.78 is 0. The molecule has 0 aromatic carbocycles. The van der Waals surface area contributed by atoms with Gasteiger partial charge < -0.3 is 4.98 Å². The molecule has 100 valence electrons. The summed E-state index contributed by atoms with van der Waals surface area (Å²) >= 11 is 1.31. The lowest BCUT2D eigenvalue weighted by Crippen LogP contribution is -2.21. The fraction of sp³-hybridized carbons (Fsp3) is 0.333. The number of anilines is 1. The zero-order valence-electron chi connectivity index (χ0n) is 10.9. The van der Waals surface area contributed by atoms with Crippen molar-refractivity contribution in [2.75, 3.05) is 5.32 Å². The van der Waals surface area contributed by atoms with Crippen LogP contribution in [0, 0.1) is 6.92 Å². The van der Waals surface area contributed by atoms with Gasteiger partial charge >= 0.3 is 0 Å². The van der Waals surface area contributed by atoms with Crippen LogP contribution in [0.1, 0.15) is 40.8 Å². The number of hydrogen-bond acceptors (Lipinski definition) is 5. The first-order valence-electron chi connectivity index (χ1n) is 5.81. The van der Waals surface area contributed by atoms with Gasteiger partial charge in [0.15, 0.2) is 5.43 Å². The van der Waals surface area contributed by atoms with Crippen molar-refractivity contribution in [1.29, 1.82) is 0 Å². The Hall–Kier alpha value is -2.02. The molecule has 0 bridgehead atoms. The highest BCUT2D eigenvalue weighted by molar-refractivity contribution is 7.15. The van der Waals surface area contributed by atoms with E-state index in [-0.39, 0.29) is 16.9 Å². The molecule has 0 aliphatic heterocycles. The average Bonchev–Trinajstić information content (AvgIpc) is 2.77. The predicted molar refractivity (Wildman–Crippen MR) is 73.8 cm³/mol. The molecule has 0 unspecified atom stereocenters. The number of carbonyl (C=O) groups excluding carboxylic acids is 1. The Labute approximate surface area is 113 Å². The van der Waals surface area contributed by atoms with E-state index in [4.69, 9.17) is 0 Å². The van der Waals surface area contributed by atoms with E-state index in [1.54, 1.807) is 6.92 Å². The normalized spacial score (nSPS) is 10.7. The molecule has 0 saturated carbocycles. The monoisotopic (exact) mass is 278 g/mol. The van der Waals surface area contributed by atoms with E-state index in [2.05, 4.69) is 20.5 Å². The molecule has 2 aromatic rings. The predicted octanol–water partition coefficient (Wildman–Crippen LogP) is 1.91. The summed E-state index contributed by atoms with van der Waals surface area (Å²) in [4.78, 5) is 26.4. The van der Waals surface area contributed by atoms with Gasteiger partial charge in [-0.1, -0.05) is 25.2 Å². The van der Waals surface area contributed by atoms with E-state index in [9.17, 15) is 9.59 Å². The molecule has 6 nitrogen and oxygen atoms in total. The van der Waals surface area contributed by atoms with Gasteiger partial charge in [-0.25, -0.2) is 0 Å². The Morgan fingerprint density at radius 3 is 2.74 bits per heavy atom. The minimum absolute atomic E-state index is 0.0619. The zero-order chi connectivity index (χ0) is 14.0. The minimum Gasteiger partial charge on any atom is -0.364 e. The standard InChI is InChI=1S/C12H14N4O2S/c1-6(2)11-15-16-12(19-11)14-10(18)8-5-13-7(3)4-9(8)17/h4-6H,1-3H3,(H,13,17)(H,14,16,18). The second-order valence-corrected chi connectivity index (χ2v) is 5.46. The summed E-state index contributed by atoms with van der Waals surface area (Å²) in [6.07, 6.45) is 1.40. The third kappa shape index (κ3) is 3.05. The van der Waals surface area contributed by atoms with Crippen LogP contribution in [0.2, 0.25) is 0 Å². The van der Waals surface area contributed by atoms with Crippen molar-refractivity contribution in [1.82, 2.24) is 15.2 Å². The number of nitrogens with one attached hydrogen (secondary N) is 2. The van der Waals surface area contributed by atoms with E-state index in [1.807, 2.05) is 13.8 Å². The highest BCUT2D eigenvalue weighted by atomic mass is 32.1. The van der Waals surface area contributed by atoms with Crippen LogP contribution in [0.25, 0.3) is 0 Å². The third-order valence-corrected chi connectivity index (χ3v) is 3.60. The number of nitrogens with zero attached hydrogens (tertiary/aromatic N) is 2. The molecular weight excluding hydrogens is 264 g/mol. The second-order valence-electron chi connectivity index (χ2n) is 4.45. The smallest absolute Gasteiger partial charge is 0.262 e. The molecule has 2 N–H and O–H groups in total. The average molecular weight is 278 g/mol. The first-order valence-corrected chi connectivity index (χ1v) is 6.63. The van der Waals surface area contributed by atoms with Crippen molar-refractivity contribution in [2.24, 2.45) is 0 Å². The molecule has 2 rings (SSSR count). The summed E-state index contributed by atoms with van der Waals surface area (Å²) in [5.74, 6) is -0.223. The van der Waals surface area contributed by atoms with Crippen molar-refractivity contribution in [3.63, 3.8) is 0 Å². The van der Waals surface area contributed by atoms with Gasteiger partial charge in [0.1, 0.15) is 10.6 Å². The van der Waals surface area contributed by atoms with Gasteiger partial charge in [0.2, 0.25) is 5.13 Å². The first kappa shape index (κ1) is 13.4. The summed E-state index contributed by atoms with van der Waals surface area (Å²) in [5, 5.41) is 11.7. The molecule has 0 fully saturated rings. The van der Waals surface area contributed by atoms with Crippen molar-refractivity contribution >= 4 is 22.4 Å². The SMILES string of the molecule is Cc1cc(=O)c(C(=O)Nc2nnc(C(C)C)s2)c[nH]1. The van der Waals surface area contributed by atoms with Gasteiger partial charge in [0.05, 0.1) is 0 Å². The lowest BCUT2D eigenvalue weighted by molar-refractivity contribution is 0.102. The molecule has 7 heteroatoms. The molecular formula is C12H14N4O2S. The fourth-order valence-electron chi connectivity index (χ4n) is 1.43. The van der Waals surface area contributed by atoms with Gasteiger partial charge in [-0.05, 0) is 6.92 Å². The molecule has 19 heavy (non-hydrogen) atoms. The Morgan fingerprint density at radius 1 is 1.42 bits per heavy atom. The maximum atomic E-state index is 11.9. The Bertz CT molecular complexity index is 660. The van der Waals surface area contributed by atoms with Crippen LogP contribution < -0.4 is 10.7 Å². The molecule has 0 aliphatic carbocycles. The number of carbonyl (C=O) groups is 1. The molecule has 0 atom stereocenters. The lowest BCUT2D eigenvalue weighted by Gasteiger charge is -2.01. The van der Waals surface area contributed by atoms with Crippen molar-refractivity contribution in [3.05, 3.63) is 38.8 Å². The number of aromatic nitrogens is 3. The van der Waals surface area contributed by atoms with Crippen LogP contribution in [0.5, 0.6) is 0 Å². The van der Waals surface area contributed by atoms with Crippen LogP contribution >= 0.6 is 11.3 Å². The Balaban J connectivity index is 2.18. The number of amides is 1. The Kier molecular flexibility index (Phi) is 3.75. The van der Waals surface area contributed by atoms with Crippen LogP contribution in [-0.2, 0) is 0 Å². The van der Waals surface area contributed by atoms with Gasteiger partial charge in [-0.2, -0.15) is 0 Å². The van der Waals surface area contributed by atoms with Crippen LogP contribution in [0.15, 0.2) is 17.1 Å². The van der Waals surface area contributed by atoms with E-state index in [0.717, 1.165) is 5.01 Å². The van der Waals surface area contributed by atoms with Gasteiger partial charge in [0.25, 0.3) is 5.91 Å². The van der Waals surface area contributed by atoms with Crippen molar-refractivity contribution < 1.29 is 4.79 Å². The summed E-state index contributed by atoms with van der Waals surface area (Å²) in [6, 6.07) is 1.38. The molecule has 0 spiro atoms. The zero-order valence-corrected chi connectivity index (χ0v) is 11.7. The number of hydrogen-bond donors (Lipinski definition) is 2. The lowest BCUT2D eigenvalue weighted by atomic mass is 10.2. The van der Waals surface area contributed by atoms with Crippen LogP contribution in [-0.4, -0.2) is 21.1 Å². The molecule has 0 radical (unpaired) electrons. The maximum Gasteiger partial charge on any atom is 0.262 e.